The molecule has 2 amide bonds. The molecule has 0 aromatic heterocycles. The van der Waals surface area contributed by atoms with Crippen LogP contribution in [-0.2, 0) is 9.59 Å². The van der Waals surface area contributed by atoms with Gasteiger partial charge in [-0.15, -0.1) is 0 Å². The molecule has 0 fully saturated rings. The number of rotatable bonds is 5. The molecule has 0 spiro atoms. The summed E-state index contributed by atoms with van der Waals surface area (Å²) < 4.78 is 0. The van der Waals surface area contributed by atoms with Gasteiger partial charge in [0.1, 0.15) is 11.0 Å². The lowest BCUT2D eigenvalue weighted by molar-refractivity contribution is -0.121. The van der Waals surface area contributed by atoms with Gasteiger partial charge in [-0.25, -0.2) is 5.01 Å². The summed E-state index contributed by atoms with van der Waals surface area (Å²) in [7, 11) is 0. The average molecular weight is 485 g/mol. The first kappa shape index (κ1) is 22.9. The molecule has 2 unspecified atom stereocenters. The Labute approximate surface area is 207 Å². The number of aromatic hydroxyl groups is 1. The van der Waals surface area contributed by atoms with Gasteiger partial charge < -0.3 is 10.4 Å². The number of phenolic OH excluding ortho intramolecular Hbond substituents is 1. The summed E-state index contributed by atoms with van der Waals surface area (Å²) in [4.78, 5) is 29.6. The second-order valence-electron chi connectivity index (χ2n) is 8.50. The first-order valence-corrected chi connectivity index (χ1v) is 12.2. The van der Waals surface area contributed by atoms with Crippen LogP contribution < -0.4 is 5.32 Å². The van der Waals surface area contributed by atoms with Crippen LogP contribution >= 0.6 is 11.8 Å². The van der Waals surface area contributed by atoms with E-state index in [1.807, 2.05) is 73.7 Å². The Balaban J connectivity index is 1.36. The molecule has 0 saturated carbocycles. The number of nitrogens with one attached hydrogen (secondary N) is 1. The lowest BCUT2D eigenvalue weighted by atomic mass is 9.98. The fraction of sp³-hybridized carbons (Fsp3) is 0.185. The lowest BCUT2D eigenvalue weighted by Crippen LogP contribution is -2.25. The Hall–Kier alpha value is -3.91. The summed E-state index contributed by atoms with van der Waals surface area (Å²) in [5.41, 5.74) is 4.26. The Morgan fingerprint density at radius 2 is 1.86 bits per heavy atom. The second kappa shape index (κ2) is 9.76. The monoisotopic (exact) mass is 484 g/mol. The summed E-state index contributed by atoms with van der Waals surface area (Å²) in [6, 6.07) is 24.1. The predicted molar refractivity (Wildman–Crippen MR) is 139 cm³/mol. The fourth-order valence-electron chi connectivity index (χ4n) is 4.21. The van der Waals surface area contributed by atoms with Gasteiger partial charge in [0.25, 0.3) is 5.91 Å². The molecule has 8 heteroatoms. The van der Waals surface area contributed by atoms with Crippen LogP contribution in [0.5, 0.6) is 5.75 Å². The van der Waals surface area contributed by atoms with Gasteiger partial charge in [0.05, 0.1) is 11.8 Å². The molecule has 3 aromatic carbocycles. The first-order chi connectivity index (χ1) is 17.0. The van der Waals surface area contributed by atoms with Crippen LogP contribution in [0, 0.1) is 6.92 Å². The minimum absolute atomic E-state index is 0.00872. The molecule has 176 valence electrons. The number of thioether (sulfide) groups is 1. The van der Waals surface area contributed by atoms with E-state index in [0.717, 1.165) is 16.8 Å². The Kier molecular flexibility index (Phi) is 6.37. The topological polar surface area (TPSA) is 94.4 Å². The van der Waals surface area contributed by atoms with Gasteiger partial charge in [-0.05, 0) is 36.2 Å². The predicted octanol–water partition coefficient (Wildman–Crippen LogP) is 4.88. The quantitative estimate of drug-likeness (QED) is 0.538. The zero-order valence-electron chi connectivity index (χ0n) is 19.1. The molecule has 5 rings (SSSR count). The summed E-state index contributed by atoms with van der Waals surface area (Å²) in [5.74, 6) is -0.440. The van der Waals surface area contributed by atoms with Gasteiger partial charge in [-0.2, -0.15) is 10.1 Å². The zero-order valence-corrected chi connectivity index (χ0v) is 19.9. The molecular weight excluding hydrogens is 460 g/mol. The van der Waals surface area contributed by atoms with Crippen molar-refractivity contribution in [1.29, 1.82) is 0 Å². The van der Waals surface area contributed by atoms with Crippen molar-refractivity contribution in [3.63, 3.8) is 0 Å². The number of benzene rings is 3. The van der Waals surface area contributed by atoms with E-state index in [4.69, 9.17) is 5.10 Å². The summed E-state index contributed by atoms with van der Waals surface area (Å²) >= 11 is 1.24. The third-order valence-corrected chi connectivity index (χ3v) is 7.05. The van der Waals surface area contributed by atoms with E-state index in [1.165, 1.54) is 11.8 Å². The van der Waals surface area contributed by atoms with Crippen molar-refractivity contribution in [2.45, 2.75) is 31.1 Å². The van der Waals surface area contributed by atoms with Crippen molar-refractivity contribution in [3.05, 3.63) is 95.6 Å². The van der Waals surface area contributed by atoms with Crippen molar-refractivity contribution in [3.8, 4) is 5.75 Å². The van der Waals surface area contributed by atoms with Crippen LogP contribution in [0.3, 0.4) is 0 Å². The summed E-state index contributed by atoms with van der Waals surface area (Å²) in [5, 5.41) is 19.7. The molecule has 2 aliphatic heterocycles. The van der Waals surface area contributed by atoms with E-state index < -0.39 is 5.25 Å². The van der Waals surface area contributed by atoms with Crippen LogP contribution in [0.15, 0.2) is 89.0 Å². The molecule has 2 aliphatic rings. The smallest absolute Gasteiger partial charge is 0.262 e. The molecule has 7 nitrogen and oxygen atoms in total. The molecular formula is C27H24N4O3S. The van der Waals surface area contributed by atoms with Gasteiger partial charge in [0.2, 0.25) is 5.91 Å². The van der Waals surface area contributed by atoms with Gasteiger partial charge in [-0.3, -0.25) is 9.59 Å². The highest BCUT2D eigenvalue weighted by atomic mass is 32.2. The summed E-state index contributed by atoms with van der Waals surface area (Å²) in [6.45, 7) is 1.95. The zero-order chi connectivity index (χ0) is 24.4. The Morgan fingerprint density at radius 3 is 2.63 bits per heavy atom. The standard InChI is InChI=1S/C27H24N4O3S/c1-17-8-7-11-19(14-17)28-25(33)16-24-26(34)29-27(35-24)31-22(20-12-5-6-13-23(20)32)15-21(30-31)18-9-3-2-4-10-18/h2-14,22,24,32H,15-16H2,1H3,(H,28,33). The van der Waals surface area contributed by atoms with E-state index >= 15 is 0 Å². The number of para-hydroxylation sites is 1. The first-order valence-electron chi connectivity index (χ1n) is 11.3. The lowest BCUT2D eigenvalue weighted by Gasteiger charge is -2.23. The number of carbonyl (C=O) groups excluding carboxylic acids is 2. The van der Waals surface area contributed by atoms with Crippen LogP contribution in [0.25, 0.3) is 0 Å². The van der Waals surface area contributed by atoms with Crippen molar-refractivity contribution in [2.24, 2.45) is 10.1 Å². The van der Waals surface area contributed by atoms with Gasteiger partial charge >= 0.3 is 0 Å². The normalized spacial score (nSPS) is 19.5. The molecule has 3 aromatic rings. The highest BCUT2D eigenvalue weighted by molar-refractivity contribution is 8.15. The molecule has 0 saturated heterocycles. The van der Waals surface area contributed by atoms with Crippen LogP contribution in [-0.4, -0.2) is 38.1 Å². The van der Waals surface area contributed by atoms with Gasteiger partial charge in [0.15, 0.2) is 5.17 Å². The van der Waals surface area contributed by atoms with Crippen molar-refractivity contribution in [2.75, 3.05) is 5.32 Å². The largest absolute Gasteiger partial charge is 0.508 e. The average Bonchev–Trinajstić information content (AvgIpc) is 3.44. The number of hydrogen-bond donors (Lipinski definition) is 2. The number of hydrazone groups is 1. The number of amidine groups is 1. The maximum Gasteiger partial charge on any atom is 0.262 e. The molecule has 0 radical (unpaired) electrons. The van der Waals surface area contributed by atoms with E-state index in [0.29, 0.717) is 22.8 Å². The van der Waals surface area contributed by atoms with Crippen molar-refractivity contribution in [1.82, 2.24) is 5.01 Å². The van der Waals surface area contributed by atoms with Crippen LogP contribution in [0.4, 0.5) is 5.69 Å². The number of carbonyl (C=O) groups is 2. The maximum atomic E-state index is 12.7. The number of phenols is 1. The van der Waals surface area contributed by atoms with Crippen LogP contribution in [0.2, 0.25) is 0 Å². The number of amides is 2. The number of aryl methyl sites for hydroxylation is 1. The minimum atomic E-state index is -0.629. The third-order valence-electron chi connectivity index (χ3n) is 5.91. The molecule has 35 heavy (non-hydrogen) atoms. The number of nitrogens with zero attached hydrogens (tertiary/aromatic N) is 3. The molecule has 2 N–H and O–H groups in total. The minimum Gasteiger partial charge on any atom is -0.508 e. The number of anilines is 1. The van der Waals surface area contributed by atoms with Gasteiger partial charge in [-0.1, -0.05) is 72.4 Å². The van der Waals surface area contributed by atoms with E-state index in [9.17, 15) is 14.7 Å². The maximum absolute atomic E-state index is 12.7. The van der Waals surface area contributed by atoms with E-state index in [-0.39, 0.29) is 30.0 Å². The van der Waals surface area contributed by atoms with E-state index in [1.54, 1.807) is 17.1 Å². The molecule has 0 bridgehead atoms. The van der Waals surface area contributed by atoms with Crippen molar-refractivity contribution < 1.29 is 14.7 Å². The third kappa shape index (κ3) is 4.97. The van der Waals surface area contributed by atoms with Gasteiger partial charge in [0, 0.05) is 24.1 Å². The number of aliphatic imine (C=N–C) groups is 1. The number of hydrogen-bond acceptors (Lipinski definition) is 6. The molecule has 0 aliphatic carbocycles. The Bertz CT molecular complexity index is 1340. The highest BCUT2D eigenvalue weighted by Gasteiger charge is 2.39. The SMILES string of the molecule is Cc1cccc(NC(=O)CC2SC(N3N=C(c4ccccc4)CC3c3ccccc3O)=NC2=O)c1. The van der Waals surface area contributed by atoms with Crippen molar-refractivity contribution >= 4 is 40.1 Å². The fourth-order valence-corrected chi connectivity index (χ4v) is 5.27. The van der Waals surface area contributed by atoms with E-state index in [2.05, 4.69) is 10.3 Å². The molecule has 2 atom stereocenters. The second-order valence-corrected chi connectivity index (χ2v) is 9.67. The summed E-state index contributed by atoms with van der Waals surface area (Å²) in [6.07, 6.45) is 0.558. The highest BCUT2D eigenvalue weighted by Crippen LogP contribution is 2.41. The molecule has 2 heterocycles. The Morgan fingerprint density at radius 1 is 1.09 bits per heavy atom. The van der Waals surface area contributed by atoms with Crippen LogP contribution in [0.1, 0.15) is 35.6 Å².